The van der Waals surface area contributed by atoms with Crippen LogP contribution in [0.2, 0.25) is 0 Å². The summed E-state index contributed by atoms with van der Waals surface area (Å²) < 4.78 is 18.9. The Balaban J connectivity index is 1.16. The molecular weight excluding hydrogens is 664 g/mol. The SMILES string of the molecule is CCc1c2c(nc3ccc(OC(=O)N4CCC(N5CCCCC5)CC4)cc13)-c1cc3c(c(=O)n1C2)COC(=O)[C@@]3(CC)OC(=O)CCC(=O)C(C)C. The summed E-state index contributed by atoms with van der Waals surface area (Å²) in [5.74, 6) is -1.33. The summed E-state index contributed by atoms with van der Waals surface area (Å²) in [6.45, 7) is 10.9. The summed E-state index contributed by atoms with van der Waals surface area (Å²) in [6.07, 6.45) is 5.85. The molecule has 0 unspecified atom stereocenters. The van der Waals surface area contributed by atoms with E-state index in [-0.39, 0.29) is 61.3 Å². The lowest BCUT2D eigenvalue weighted by Crippen LogP contribution is -2.48. The summed E-state index contributed by atoms with van der Waals surface area (Å²) in [5, 5.41) is 0.840. The van der Waals surface area contributed by atoms with Gasteiger partial charge in [-0.15, -0.1) is 0 Å². The third-order valence-electron chi connectivity index (χ3n) is 11.4. The maximum Gasteiger partial charge on any atom is 0.415 e. The van der Waals surface area contributed by atoms with E-state index in [0.29, 0.717) is 53.8 Å². The number of rotatable bonds is 9. The van der Waals surface area contributed by atoms with Gasteiger partial charge in [0.05, 0.1) is 35.4 Å². The van der Waals surface area contributed by atoms with Crippen LogP contribution in [0.25, 0.3) is 22.3 Å². The molecule has 0 N–H and O–H groups in total. The van der Waals surface area contributed by atoms with Crippen LogP contribution in [0, 0.1) is 5.92 Å². The van der Waals surface area contributed by atoms with Gasteiger partial charge in [-0.2, -0.15) is 0 Å². The van der Waals surface area contributed by atoms with E-state index < -0.39 is 17.5 Å². The molecule has 2 saturated heterocycles. The molecule has 12 nitrogen and oxygen atoms in total. The Morgan fingerprint density at radius 3 is 2.42 bits per heavy atom. The van der Waals surface area contributed by atoms with E-state index in [4.69, 9.17) is 19.2 Å². The molecule has 0 bridgehead atoms. The quantitative estimate of drug-likeness (QED) is 0.200. The van der Waals surface area contributed by atoms with Crippen LogP contribution >= 0.6 is 0 Å². The second kappa shape index (κ2) is 14.4. The number of aromatic nitrogens is 2. The number of aryl methyl sites for hydroxylation is 1. The van der Waals surface area contributed by atoms with Gasteiger partial charge in [-0.25, -0.2) is 14.6 Å². The van der Waals surface area contributed by atoms with Gasteiger partial charge in [-0.05, 0) is 81.4 Å². The number of hydrogen-bond donors (Lipinski definition) is 0. The Morgan fingerprint density at radius 2 is 1.73 bits per heavy atom. The van der Waals surface area contributed by atoms with Crippen LogP contribution in [0.3, 0.4) is 0 Å². The van der Waals surface area contributed by atoms with E-state index in [1.54, 1.807) is 42.4 Å². The fourth-order valence-electron chi connectivity index (χ4n) is 8.39. The zero-order valence-corrected chi connectivity index (χ0v) is 30.6. The molecule has 1 aromatic carbocycles. The number of nitrogens with zero attached hydrogens (tertiary/aromatic N) is 4. The van der Waals surface area contributed by atoms with Gasteiger partial charge in [0.25, 0.3) is 5.56 Å². The smallest absolute Gasteiger partial charge is 0.415 e. The molecule has 12 heteroatoms. The number of pyridine rings is 2. The van der Waals surface area contributed by atoms with Crippen LogP contribution in [-0.4, -0.2) is 75.4 Å². The Bertz CT molecular complexity index is 1990. The van der Waals surface area contributed by atoms with Crippen molar-refractivity contribution in [3.63, 3.8) is 0 Å². The third kappa shape index (κ3) is 6.39. The highest BCUT2D eigenvalue weighted by molar-refractivity contribution is 5.91. The molecule has 1 atom stereocenters. The first-order valence-electron chi connectivity index (χ1n) is 18.9. The maximum absolute atomic E-state index is 14.1. The molecule has 1 amide bonds. The zero-order chi connectivity index (χ0) is 36.7. The van der Waals surface area contributed by atoms with E-state index in [2.05, 4.69) is 4.90 Å². The highest BCUT2D eigenvalue weighted by Gasteiger charge is 2.50. The molecule has 6 heterocycles. The van der Waals surface area contributed by atoms with Crippen molar-refractivity contribution in [1.29, 1.82) is 0 Å². The van der Waals surface area contributed by atoms with Gasteiger partial charge in [-0.1, -0.05) is 34.1 Å². The van der Waals surface area contributed by atoms with Crippen LogP contribution in [-0.2, 0) is 49.0 Å². The topological polar surface area (TPSA) is 137 Å². The first-order valence-corrected chi connectivity index (χ1v) is 18.9. The Morgan fingerprint density at radius 1 is 0.981 bits per heavy atom. The molecule has 276 valence electrons. The standard InChI is InChI=1S/C40H48N4O8/c1-5-27-28-20-26(51-39(49)43-18-14-25(15-19-43)42-16-8-7-9-17-42)10-11-32(28)41-36-29(27)22-44-33(36)21-31-30(37(44)47)23-50-38(48)40(31,6-2)52-35(46)13-12-34(45)24(3)4/h10-11,20-21,24-25H,5-9,12-19,22-23H2,1-4H3/t40-/m0/s1. The molecule has 4 aliphatic rings. The van der Waals surface area contributed by atoms with Gasteiger partial charge < -0.3 is 28.6 Å². The van der Waals surface area contributed by atoms with Gasteiger partial charge in [0.15, 0.2) is 0 Å². The van der Waals surface area contributed by atoms with E-state index in [1.807, 2.05) is 19.1 Å². The zero-order valence-electron chi connectivity index (χ0n) is 30.6. The summed E-state index contributed by atoms with van der Waals surface area (Å²) in [4.78, 5) is 75.3. The fourth-order valence-corrected chi connectivity index (χ4v) is 8.39. The Hall–Kier alpha value is -4.58. The average Bonchev–Trinajstić information content (AvgIpc) is 3.52. The van der Waals surface area contributed by atoms with Crippen LogP contribution in [0.4, 0.5) is 4.79 Å². The van der Waals surface area contributed by atoms with Gasteiger partial charge >= 0.3 is 18.0 Å². The molecular formula is C40H48N4O8. The third-order valence-corrected chi connectivity index (χ3v) is 11.4. The number of ketones is 1. The summed E-state index contributed by atoms with van der Waals surface area (Å²) in [6, 6.07) is 7.69. The van der Waals surface area contributed by atoms with Crippen LogP contribution in [0.15, 0.2) is 29.1 Å². The summed E-state index contributed by atoms with van der Waals surface area (Å²) >= 11 is 0. The first-order chi connectivity index (χ1) is 25.0. The summed E-state index contributed by atoms with van der Waals surface area (Å²) in [7, 11) is 0. The van der Waals surface area contributed by atoms with Crippen LogP contribution < -0.4 is 10.3 Å². The molecule has 2 aromatic heterocycles. The highest BCUT2D eigenvalue weighted by Crippen LogP contribution is 2.42. The molecule has 7 rings (SSSR count). The number of benzene rings is 1. The van der Waals surface area contributed by atoms with Crippen molar-refractivity contribution in [2.24, 2.45) is 5.92 Å². The minimum atomic E-state index is -1.82. The van der Waals surface area contributed by atoms with Gasteiger partial charge in [0.1, 0.15) is 18.1 Å². The molecule has 0 saturated carbocycles. The highest BCUT2D eigenvalue weighted by atomic mass is 16.6. The maximum atomic E-state index is 14.1. The van der Waals surface area contributed by atoms with Gasteiger partial charge in [-0.3, -0.25) is 14.4 Å². The predicted molar refractivity (Wildman–Crippen MR) is 193 cm³/mol. The number of ether oxygens (including phenoxy) is 3. The van der Waals surface area contributed by atoms with E-state index in [9.17, 15) is 24.0 Å². The van der Waals surface area contributed by atoms with Crippen molar-refractivity contribution in [2.45, 2.75) is 110 Å². The molecule has 4 aliphatic heterocycles. The number of fused-ring (bicyclic) bond motifs is 5. The van der Waals surface area contributed by atoms with Crippen LogP contribution in [0.5, 0.6) is 5.75 Å². The van der Waals surface area contributed by atoms with E-state index in [1.165, 1.54) is 19.3 Å². The number of hydrogen-bond acceptors (Lipinski definition) is 10. The monoisotopic (exact) mass is 712 g/mol. The van der Waals surface area contributed by atoms with Gasteiger partial charge in [0, 0.05) is 48.0 Å². The molecule has 3 aromatic rings. The average molecular weight is 713 g/mol. The predicted octanol–water partition coefficient (Wildman–Crippen LogP) is 5.65. The number of piperidine rings is 2. The number of esters is 2. The lowest BCUT2D eigenvalue weighted by atomic mass is 9.85. The van der Waals surface area contributed by atoms with E-state index >= 15 is 0 Å². The molecule has 0 spiro atoms. The number of carbonyl (C=O) groups is 4. The number of likely N-dealkylation sites (tertiary alicyclic amines) is 2. The van der Waals surface area contributed by atoms with Gasteiger partial charge in [0.2, 0.25) is 5.60 Å². The van der Waals surface area contributed by atoms with Crippen LogP contribution in [0.1, 0.15) is 101 Å². The Labute approximate surface area is 303 Å². The fraction of sp³-hybridized carbons (Fsp3) is 0.550. The van der Waals surface area contributed by atoms with Crippen molar-refractivity contribution in [2.75, 3.05) is 26.2 Å². The molecule has 0 radical (unpaired) electrons. The number of Topliss-reactive ketones (excluding diaryl/α,β-unsaturated/α-hetero) is 1. The first kappa shape index (κ1) is 35.8. The van der Waals surface area contributed by atoms with Crippen molar-refractivity contribution >= 4 is 34.7 Å². The lowest BCUT2D eigenvalue weighted by molar-refractivity contribution is -0.189. The minimum Gasteiger partial charge on any atom is -0.457 e. The van der Waals surface area contributed by atoms with E-state index in [0.717, 1.165) is 42.4 Å². The van der Waals surface area contributed by atoms with Crippen molar-refractivity contribution in [3.05, 3.63) is 56.9 Å². The normalized spacial score (nSPS) is 20.3. The number of cyclic esters (lactones) is 1. The van der Waals surface area contributed by atoms with Crippen molar-refractivity contribution < 1.29 is 33.4 Å². The number of amides is 1. The molecule has 52 heavy (non-hydrogen) atoms. The largest absolute Gasteiger partial charge is 0.457 e. The second-order valence-electron chi connectivity index (χ2n) is 14.8. The lowest BCUT2D eigenvalue weighted by Gasteiger charge is -2.39. The molecule has 0 aliphatic carbocycles. The Kier molecular flexibility index (Phi) is 9.95. The molecule has 2 fully saturated rings. The van der Waals surface area contributed by atoms with Crippen molar-refractivity contribution in [1.82, 2.24) is 19.4 Å². The summed E-state index contributed by atoms with van der Waals surface area (Å²) in [5.41, 5.74) is 2.05. The minimum absolute atomic E-state index is 0.00629. The second-order valence-corrected chi connectivity index (χ2v) is 14.8. The van der Waals surface area contributed by atoms with Crippen molar-refractivity contribution in [3.8, 4) is 17.1 Å². The number of carbonyl (C=O) groups excluding carboxylic acids is 4.